The molecule has 8 nitrogen and oxygen atoms in total. The van der Waals surface area contributed by atoms with Crippen LogP contribution >= 0.6 is 0 Å². The highest BCUT2D eigenvalue weighted by molar-refractivity contribution is 6.04. The number of aromatic nitrogens is 2. The van der Waals surface area contributed by atoms with Crippen molar-refractivity contribution in [3.8, 4) is 5.75 Å². The first-order chi connectivity index (χ1) is 16.4. The molecule has 0 saturated carbocycles. The fourth-order valence-electron chi connectivity index (χ4n) is 3.47. The highest BCUT2D eigenvalue weighted by atomic mass is 19.1. The van der Waals surface area contributed by atoms with Crippen LogP contribution in [-0.4, -0.2) is 34.1 Å². The van der Waals surface area contributed by atoms with Crippen molar-refractivity contribution in [1.82, 2.24) is 9.97 Å². The molecule has 3 aromatic carbocycles. The average Bonchev–Trinajstić information content (AvgIpc) is 2.83. The second-order valence-corrected chi connectivity index (χ2v) is 7.54. The normalized spacial score (nSPS) is 11.6. The van der Waals surface area contributed by atoms with Crippen LogP contribution in [0.15, 0.2) is 66.9 Å². The van der Waals surface area contributed by atoms with Gasteiger partial charge in [-0.15, -0.1) is 0 Å². The van der Waals surface area contributed by atoms with Gasteiger partial charge >= 0.3 is 5.97 Å². The molecule has 0 aliphatic heterocycles. The summed E-state index contributed by atoms with van der Waals surface area (Å²) in [6.07, 6.45) is 1.56. The Bertz CT molecular complexity index is 1390. The standard InChI is InChI=1S/C25H21FN4O4/c1-14(28-25-27-13-17-6-4-8-19(24(32)33)22(17)30-25)15-5-3-7-18(11-15)29-23(31)16-9-10-21(34-2)20(26)12-16/h3-14H,1-2H3,(H,29,31)(H,32,33)(H,27,28,30). The van der Waals surface area contributed by atoms with Gasteiger partial charge in [0, 0.05) is 22.8 Å². The van der Waals surface area contributed by atoms with Gasteiger partial charge in [0.2, 0.25) is 5.95 Å². The third kappa shape index (κ3) is 4.78. The molecule has 0 saturated heterocycles. The van der Waals surface area contributed by atoms with Crippen molar-refractivity contribution in [1.29, 1.82) is 0 Å². The van der Waals surface area contributed by atoms with Gasteiger partial charge in [0.1, 0.15) is 0 Å². The molecule has 172 valence electrons. The second kappa shape index (κ2) is 9.53. The maximum absolute atomic E-state index is 13.9. The molecule has 0 aliphatic rings. The molecule has 0 aliphatic carbocycles. The number of hydrogen-bond acceptors (Lipinski definition) is 6. The predicted molar refractivity (Wildman–Crippen MR) is 126 cm³/mol. The molecule has 0 fully saturated rings. The number of anilines is 2. The number of amides is 1. The van der Waals surface area contributed by atoms with E-state index in [1.54, 1.807) is 36.5 Å². The minimum atomic E-state index is -1.07. The Morgan fingerprint density at radius 3 is 2.62 bits per heavy atom. The summed E-state index contributed by atoms with van der Waals surface area (Å²) in [7, 11) is 1.35. The first kappa shape index (κ1) is 22.7. The van der Waals surface area contributed by atoms with E-state index in [0.29, 0.717) is 16.6 Å². The van der Waals surface area contributed by atoms with Gasteiger partial charge < -0.3 is 20.5 Å². The number of para-hydroxylation sites is 1. The molecule has 1 amide bonds. The van der Waals surface area contributed by atoms with Crippen LogP contribution in [0.1, 0.15) is 39.2 Å². The monoisotopic (exact) mass is 460 g/mol. The van der Waals surface area contributed by atoms with Crippen LogP contribution in [0, 0.1) is 5.82 Å². The molecule has 4 aromatic rings. The number of carbonyl (C=O) groups excluding carboxylic acids is 1. The summed E-state index contributed by atoms with van der Waals surface area (Å²) in [6, 6.07) is 15.8. The molecule has 1 unspecified atom stereocenters. The first-order valence-corrected chi connectivity index (χ1v) is 10.4. The summed E-state index contributed by atoms with van der Waals surface area (Å²) < 4.78 is 18.8. The number of aromatic carboxylic acids is 1. The Kier molecular flexibility index (Phi) is 6.35. The van der Waals surface area contributed by atoms with Gasteiger partial charge in [0.25, 0.3) is 5.91 Å². The van der Waals surface area contributed by atoms with Crippen molar-refractivity contribution >= 4 is 34.4 Å². The van der Waals surface area contributed by atoms with Crippen LogP contribution in [-0.2, 0) is 0 Å². The highest BCUT2D eigenvalue weighted by Crippen LogP contribution is 2.24. The molecular weight excluding hydrogens is 439 g/mol. The van der Waals surface area contributed by atoms with E-state index in [9.17, 15) is 19.1 Å². The van der Waals surface area contributed by atoms with Crippen molar-refractivity contribution < 1.29 is 23.8 Å². The zero-order chi connectivity index (χ0) is 24.2. The lowest BCUT2D eigenvalue weighted by Crippen LogP contribution is -2.14. The largest absolute Gasteiger partial charge is 0.494 e. The number of ether oxygens (including phenoxy) is 1. The van der Waals surface area contributed by atoms with Gasteiger partial charge in [-0.1, -0.05) is 24.3 Å². The van der Waals surface area contributed by atoms with Crippen LogP contribution < -0.4 is 15.4 Å². The maximum Gasteiger partial charge on any atom is 0.337 e. The molecule has 1 atom stereocenters. The van der Waals surface area contributed by atoms with Gasteiger partial charge in [-0.3, -0.25) is 4.79 Å². The summed E-state index contributed by atoms with van der Waals surface area (Å²) in [5.74, 6) is -1.81. The van der Waals surface area contributed by atoms with E-state index in [2.05, 4.69) is 20.6 Å². The van der Waals surface area contributed by atoms with Gasteiger partial charge in [-0.2, -0.15) is 0 Å². The van der Waals surface area contributed by atoms with Crippen LogP contribution in [0.25, 0.3) is 10.9 Å². The number of hydrogen-bond donors (Lipinski definition) is 3. The topological polar surface area (TPSA) is 113 Å². The van der Waals surface area contributed by atoms with Crippen molar-refractivity contribution in [2.45, 2.75) is 13.0 Å². The number of nitrogens with zero attached hydrogens (tertiary/aromatic N) is 2. The summed E-state index contributed by atoms with van der Waals surface area (Å²) >= 11 is 0. The maximum atomic E-state index is 13.9. The van der Waals surface area contributed by atoms with E-state index < -0.39 is 17.7 Å². The average molecular weight is 460 g/mol. The van der Waals surface area contributed by atoms with E-state index in [-0.39, 0.29) is 28.9 Å². The summed E-state index contributed by atoms with van der Waals surface area (Å²) in [6.45, 7) is 1.89. The van der Waals surface area contributed by atoms with E-state index >= 15 is 0 Å². The number of nitrogens with one attached hydrogen (secondary N) is 2. The molecule has 0 radical (unpaired) electrons. The minimum absolute atomic E-state index is 0.0600. The first-order valence-electron chi connectivity index (χ1n) is 10.4. The molecule has 1 heterocycles. The number of halogens is 1. The summed E-state index contributed by atoms with van der Waals surface area (Å²) in [5, 5.41) is 16.0. The van der Waals surface area contributed by atoms with Crippen LogP contribution in [0.4, 0.5) is 16.0 Å². The number of benzene rings is 3. The third-order valence-electron chi connectivity index (χ3n) is 5.25. The number of rotatable bonds is 7. The van der Waals surface area contributed by atoms with Crippen LogP contribution in [0.5, 0.6) is 5.75 Å². The Balaban J connectivity index is 1.51. The Hall–Kier alpha value is -4.53. The lowest BCUT2D eigenvalue weighted by atomic mass is 10.1. The molecule has 4 rings (SSSR count). The second-order valence-electron chi connectivity index (χ2n) is 7.54. The van der Waals surface area contributed by atoms with E-state index in [4.69, 9.17) is 4.74 Å². The number of fused-ring (bicyclic) bond motifs is 1. The number of carboxylic acids is 1. The van der Waals surface area contributed by atoms with Gasteiger partial charge in [0.15, 0.2) is 11.6 Å². The number of carbonyl (C=O) groups is 2. The number of carboxylic acid groups (broad SMARTS) is 1. The van der Waals surface area contributed by atoms with E-state index in [1.165, 1.54) is 25.3 Å². The quantitative estimate of drug-likeness (QED) is 0.359. The third-order valence-corrected chi connectivity index (χ3v) is 5.25. The fourth-order valence-corrected chi connectivity index (χ4v) is 3.47. The molecule has 3 N–H and O–H groups in total. The molecule has 34 heavy (non-hydrogen) atoms. The minimum Gasteiger partial charge on any atom is -0.494 e. The highest BCUT2D eigenvalue weighted by Gasteiger charge is 2.14. The van der Waals surface area contributed by atoms with Gasteiger partial charge in [-0.05, 0) is 48.9 Å². The number of methoxy groups -OCH3 is 1. The fraction of sp³-hybridized carbons (Fsp3) is 0.120. The van der Waals surface area contributed by atoms with Crippen molar-refractivity contribution in [2.24, 2.45) is 0 Å². The Morgan fingerprint density at radius 1 is 1.09 bits per heavy atom. The van der Waals surface area contributed by atoms with E-state index in [1.807, 2.05) is 13.0 Å². The van der Waals surface area contributed by atoms with E-state index in [0.717, 1.165) is 11.6 Å². The molecule has 0 spiro atoms. The van der Waals surface area contributed by atoms with Gasteiger partial charge in [0.05, 0.1) is 24.2 Å². The van der Waals surface area contributed by atoms with Crippen molar-refractivity contribution in [2.75, 3.05) is 17.7 Å². The predicted octanol–water partition coefficient (Wildman–Crippen LogP) is 4.90. The molecule has 9 heteroatoms. The zero-order valence-electron chi connectivity index (χ0n) is 18.4. The molecular formula is C25H21FN4O4. The van der Waals surface area contributed by atoms with Crippen LogP contribution in [0.2, 0.25) is 0 Å². The zero-order valence-corrected chi connectivity index (χ0v) is 18.4. The van der Waals surface area contributed by atoms with Crippen molar-refractivity contribution in [3.63, 3.8) is 0 Å². The van der Waals surface area contributed by atoms with Crippen molar-refractivity contribution in [3.05, 3.63) is 89.4 Å². The summed E-state index contributed by atoms with van der Waals surface area (Å²) in [5.41, 5.74) is 1.95. The summed E-state index contributed by atoms with van der Waals surface area (Å²) in [4.78, 5) is 32.7. The lowest BCUT2D eigenvalue weighted by molar-refractivity contribution is 0.0698. The SMILES string of the molecule is COc1ccc(C(=O)Nc2cccc(C(C)Nc3ncc4cccc(C(=O)O)c4n3)c2)cc1F. The molecule has 1 aromatic heterocycles. The lowest BCUT2D eigenvalue weighted by Gasteiger charge is -2.16. The van der Waals surface area contributed by atoms with Crippen LogP contribution in [0.3, 0.4) is 0 Å². The Morgan fingerprint density at radius 2 is 1.88 bits per heavy atom. The molecule has 0 bridgehead atoms. The Labute approximate surface area is 194 Å². The van der Waals surface area contributed by atoms with Gasteiger partial charge in [-0.25, -0.2) is 19.2 Å². The smallest absolute Gasteiger partial charge is 0.337 e.